The van der Waals surface area contributed by atoms with Gasteiger partial charge in [-0.05, 0) is 0 Å². The van der Waals surface area contributed by atoms with Crippen LogP contribution in [0, 0.1) is 0 Å². The molecule has 0 rings (SSSR count). The maximum absolute atomic E-state index is 9.25. The first kappa shape index (κ1) is 11.7. The van der Waals surface area contributed by atoms with Gasteiger partial charge in [0.1, 0.15) is 0 Å². The first-order chi connectivity index (χ1) is 4.68. The summed E-state index contributed by atoms with van der Waals surface area (Å²) in [6.45, 7) is 6.34. The zero-order valence-electron chi connectivity index (χ0n) is 5.46. The van der Waals surface area contributed by atoms with Crippen LogP contribution < -0.4 is 0 Å². The lowest BCUT2D eigenvalue weighted by Crippen LogP contribution is -1.82. The van der Waals surface area contributed by atoms with Crippen molar-refractivity contribution in [1.29, 1.82) is 0 Å². The summed E-state index contributed by atoms with van der Waals surface area (Å²) in [7, 11) is 0. The van der Waals surface area contributed by atoms with E-state index in [9.17, 15) is 4.79 Å². The predicted molar refractivity (Wildman–Crippen MR) is 43.0 cm³/mol. The fourth-order valence-electron chi connectivity index (χ4n) is 0.0514. The Balaban J connectivity index is 0. The van der Waals surface area contributed by atoms with E-state index in [4.69, 9.17) is 16.7 Å². The van der Waals surface area contributed by atoms with Gasteiger partial charge in [-0.3, -0.25) is 0 Å². The van der Waals surface area contributed by atoms with Gasteiger partial charge in [-0.25, -0.2) is 4.79 Å². The summed E-state index contributed by atoms with van der Waals surface area (Å²) in [6.07, 6.45) is 4.11. The average Bonchev–Trinajstić information content (AvgIpc) is 1.91. The van der Waals surface area contributed by atoms with Gasteiger partial charge in [0.25, 0.3) is 0 Å². The molecule has 0 saturated carbocycles. The molecule has 0 bridgehead atoms. The van der Waals surface area contributed by atoms with E-state index in [2.05, 4.69) is 13.2 Å². The zero-order valence-corrected chi connectivity index (χ0v) is 6.21. The van der Waals surface area contributed by atoms with E-state index >= 15 is 0 Å². The Morgan fingerprint density at radius 1 is 1.50 bits per heavy atom. The topological polar surface area (TPSA) is 37.3 Å². The van der Waals surface area contributed by atoms with E-state index in [0.29, 0.717) is 0 Å². The van der Waals surface area contributed by atoms with Crippen molar-refractivity contribution in [2.24, 2.45) is 0 Å². The minimum absolute atomic E-state index is 0.833. The van der Waals surface area contributed by atoms with Crippen LogP contribution in [0.1, 0.15) is 0 Å². The Hall–Kier alpha value is -1.02. The summed E-state index contributed by atoms with van der Waals surface area (Å²) in [6, 6.07) is 0. The second-order valence-electron chi connectivity index (χ2n) is 1.10. The van der Waals surface area contributed by atoms with Gasteiger partial charge in [-0.15, -0.1) is 0 Å². The monoisotopic (exact) mass is 160 g/mol. The van der Waals surface area contributed by atoms with Crippen LogP contribution in [-0.2, 0) is 4.79 Å². The van der Waals surface area contributed by atoms with Crippen LogP contribution in [0.15, 0.2) is 36.9 Å². The van der Waals surface area contributed by atoms with Gasteiger partial charge in [0, 0.05) is 11.6 Å². The number of carbonyl (C=O) groups is 1. The van der Waals surface area contributed by atoms with Crippen LogP contribution in [0.5, 0.6) is 0 Å². The summed E-state index contributed by atoms with van der Waals surface area (Å²) in [5.41, 5.74) is 1.41. The van der Waals surface area contributed by atoms with E-state index in [-0.39, 0.29) is 0 Å². The maximum atomic E-state index is 9.25. The van der Waals surface area contributed by atoms with Crippen molar-refractivity contribution in [2.75, 3.05) is 0 Å². The Morgan fingerprint density at radius 2 is 1.90 bits per heavy atom. The van der Waals surface area contributed by atoms with E-state index in [0.717, 1.165) is 6.08 Å². The zero-order chi connectivity index (χ0) is 8.41. The molecule has 10 heavy (non-hydrogen) atoms. The third-order valence-electron chi connectivity index (χ3n) is 0.383. The third kappa shape index (κ3) is 28.1. The molecule has 0 aromatic rings. The van der Waals surface area contributed by atoms with Crippen LogP contribution in [0.4, 0.5) is 0 Å². The third-order valence-corrected chi connectivity index (χ3v) is 0.529. The molecule has 2 nitrogen and oxygen atoms in total. The van der Waals surface area contributed by atoms with Crippen LogP contribution in [0.25, 0.3) is 0 Å². The molecule has 56 valence electrons. The number of halogens is 1. The molecule has 0 saturated heterocycles. The molecular formula is C7H9ClO2. The van der Waals surface area contributed by atoms with E-state index in [1.807, 2.05) is 0 Å². The largest absolute Gasteiger partial charge is 0.478 e. The summed E-state index contributed by atoms with van der Waals surface area (Å²) in [4.78, 5) is 9.25. The van der Waals surface area contributed by atoms with Gasteiger partial charge in [-0.1, -0.05) is 36.9 Å². The highest BCUT2D eigenvalue weighted by molar-refractivity contribution is 6.25. The van der Waals surface area contributed by atoms with Crippen molar-refractivity contribution in [2.45, 2.75) is 0 Å². The van der Waals surface area contributed by atoms with Gasteiger partial charge in [-0.2, -0.15) is 0 Å². The number of hydrogen-bond donors (Lipinski definition) is 1. The molecule has 0 spiro atoms. The second-order valence-corrected chi connectivity index (χ2v) is 1.35. The van der Waals surface area contributed by atoms with Crippen LogP contribution in [-0.4, -0.2) is 11.1 Å². The second kappa shape index (κ2) is 10.9. The standard InChI is InChI=1S/C4H5Cl.C3H4O2/c1-2-3-4-5;1-2-3(4)5/h2-4H,1H2;2H,1H2,(H,4,5). The Bertz CT molecular complexity index is 139. The lowest BCUT2D eigenvalue weighted by Gasteiger charge is -1.64. The van der Waals surface area contributed by atoms with Crippen LogP contribution in [0.2, 0.25) is 0 Å². The maximum Gasteiger partial charge on any atom is 0.327 e. The van der Waals surface area contributed by atoms with Gasteiger partial charge in [0.05, 0.1) is 0 Å². The molecule has 0 unspecified atom stereocenters. The minimum Gasteiger partial charge on any atom is -0.478 e. The molecule has 1 N–H and O–H groups in total. The first-order valence-electron chi connectivity index (χ1n) is 2.42. The summed E-state index contributed by atoms with van der Waals surface area (Å²) in [5, 5.41) is 7.60. The van der Waals surface area contributed by atoms with Gasteiger partial charge >= 0.3 is 5.97 Å². The Morgan fingerprint density at radius 3 is 1.90 bits per heavy atom. The highest BCUT2D eigenvalue weighted by Crippen LogP contribution is 1.74. The number of hydrogen-bond acceptors (Lipinski definition) is 1. The molecule has 0 aromatic carbocycles. The lowest BCUT2D eigenvalue weighted by atomic mass is 10.6. The van der Waals surface area contributed by atoms with Gasteiger partial charge in [0.2, 0.25) is 0 Å². The predicted octanol–water partition coefficient (Wildman–Crippen LogP) is 2.18. The van der Waals surface area contributed by atoms with Crippen molar-refractivity contribution < 1.29 is 9.90 Å². The molecule has 0 amide bonds. The van der Waals surface area contributed by atoms with Gasteiger partial charge < -0.3 is 5.11 Å². The summed E-state index contributed by atoms with van der Waals surface area (Å²) >= 11 is 5.05. The number of rotatable bonds is 2. The van der Waals surface area contributed by atoms with E-state index in [1.54, 1.807) is 12.2 Å². The van der Waals surface area contributed by atoms with Crippen molar-refractivity contribution in [3.63, 3.8) is 0 Å². The Kier molecular flexibility index (Phi) is 12.8. The Labute approximate surface area is 65.1 Å². The lowest BCUT2D eigenvalue weighted by molar-refractivity contribution is -0.131. The number of allylic oxidation sites excluding steroid dienone is 2. The number of aliphatic carboxylic acids is 1. The highest BCUT2D eigenvalue weighted by atomic mass is 35.5. The summed E-state index contributed by atoms with van der Waals surface area (Å²) < 4.78 is 0. The summed E-state index contributed by atoms with van der Waals surface area (Å²) in [5.74, 6) is -0.981. The van der Waals surface area contributed by atoms with Crippen LogP contribution >= 0.6 is 11.6 Å². The first-order valence-corrected chi connectivity index (χ1v) is 2.85. The fraction of sp³-hybridized carbons (Fsp3) is 0. The molecule has 0 aromatic heterocycles. The van der Waals surface area contributed by atoms with Crippen molar-refractivity contribution >= 4 is 17.6 Å². The highest BCUT2D eigenvalue weighted by Gasteiger charge is 1.73. The van der Waals surface area contributed by atoms with Crippen molar-refractivity contribution in [1.82, 2.24) is 0 Å². The van der Waals surface area contributed by atoms with Gasteiger partial charge in [0.15, 0.2) is 0 Å². The quantitative estimate of drug-likeness (QED) is 0.497. The molecule has 0 atom stereocenters. The molecule has 0 fully saturated rings. The molecule has 0 aliphatic heterocycles. The number of carboxylic acid groups (broad SMARTS) is 1. The molecular weight excluding hydrogens is 152 g/mol. The number of carboxylic acids is 1. The van der Waals surface area contributed by atoms with Crippen molar-refractivity contribution in [3.8, 4) is 0 Å². The normalized spacial score (nSPS) is 7.70. The van der Waals surface area contributed by atoms with Crippen molar-refractivity contribution in [3.05, 3.63) is 36.9 Å². The fourth-order valence-corrected chi connectivity index (χ4v) is 0.154. The molecule has 0 radical (unpaired) electrons. The SMILES string of the molecule is C=CC(=O)O.C=CC=CCl. The minimum atomic E-state index is -0.981. The smallest absolute Gasteiger partial charge is 0.327 e. The average molecular weight is 161 g/mol. The van der Waals surface area contributed by atoms with Crippen LogP contribution in [0.3, 0.4) is 0 Å². The van der Waals surface area contributed by atoms with E-state index in [1.165, 1.54) is 5.54 Å². The molecule has 3 heteroatoms. The van der Waals surface area contributed by atoms with E-state index < -0.39 is 5.97 Å². The molecule has 0 aliphatic carbocycles. The molecule has 0 aliphatic rings. The molecule has 0 heterocycles.